The summed E-state index contributed by atoms with van der Waals surface area (Å²) >= 11 is 0. The fraction of sp³-hybridized carbons (Fsp3) is 0.750. The number of nitrogens with zero attached hydrogens (tertiary/aromatic N) is 2. The summed E-state index contributed by atoms with van der Waals surface area (Å²) in [5, 5.41) is 3.09. The molecule has 1 aliphatic rings. The molecule has 1 unspecified atom stereocenters. The van der Waals surface area contributed by atoms with Gasteiger partial charge in [0.15, 0.2) is 0 Å². The van der Waals surface area contributed by atoms with E-state index >= 15 is 0 Å². The summed E-state index contributed by atoms with van der Waals surface area (Å²) in [5.74, 6) is -1.29. The lowest BCUT2D eigenvalue weighted by Crippen LogP contribution is -2.41. The number of aromatic nitrogens is 1. The van der Waals surface area contributed by atoms with Gasteiger partial charge in [-0.15, -0.1) is 0 Å². The maximum absolute atomic E-state index is 12.7. The van der Waals surface area contributed by atoms with E-state index in [1.165, 1.54) is 6.26 Å². The van der Waals surface area contributed by atoms with Crippen LogP contribution in [0.2, 0.25) is 0 Å². The first-order chi connectivity index (χ1) is 9.00. The first-order valence-corrected chi connectivity index (χ1v) is 6.47. The summed E-state index contributed by atoms with van der Waals surface area (Å²) < 4.78 is 43.4. The van der Waals surface area contributed by atoms with Gasteiger partial charge in [0.05, 0.1) is 11.6 Å². The second-order valence-corrected chi connectivity index (χ2v) is 4.73. The van der Waals surface area contributed by atoms with E-state index in [1.807, 2.05) is 6.92 Å². The number of oxazole rings is 1. The summed E-state index contributed by atoms with van der Waals surface area (Å²) in [4.78, 5) is 5.80. The van der Waals surface area contributed by atoms with Crippen LogP contribution in [-0.2, 0) is 6.54 Å². The van der Waals surface area contributed by atoms with E-state index in [1.54, 1.807) is 4.90 Å². The quantitative estimate of drug-likeness (QED) is 0.918. The van der Waals surface area contributed by atoms with Crippen LogP contribution in [0.3, 0.4) is 0 Å². The van der Waals surface area contributed by atoms with Crippen LogP contribution in [0, 0.1) is 5.92 Å². The third-order valence-corrected chi connectivity index (χ3v) is 3.25. The van der Waals surface area contributed by atoms with Crippen molar-refractivity contribution in [2.45, 2.75) is 32.5 Å². The average Bonchev–Trinajstić information content (AvgIpc) is 2.84. The number of alkyl halides is 3. The highest BCUT2D eigenvalue weighted by molar-refractivity contribution is 5.28. The molecule has 2 rings (SSSR count). The lowest BCUT2D eigenvalue weighted by Gasteiger charge is -2.32. The van der Waals surface area contributed by atoms with Gasteiger partial charge in [0.2, 0.25) is 0 Å². The second-order valence-electron chi connectivity index (χ2n) is 4.73. The molecule has 0 bridgehead atoms. The van der Waals surface area contributed by atoms with Gasteiger partial charge in [0.25, 0.3) is 6.01 Å². The Kier molecular flexibility index (Phi) is 4.34. The lowest BCUT2D eigenvalue weighted by atomic mass is 9.98. The van der Waals surface area contributed by atoms with Crippen molar-refractivity contribution in [3.8, 4) is 0 Å². The minimum atomic E-state index is -4.14. The molecule has 0 aromatic carbocycles. The van der Waals surface area contributed by atoms with Crippen LogP contribution in [0.25, 0.3) is 0 Å². The van der Waals surface area contributed by atoms with E-state index in [-0.39, 0.29) is 13.0 Å². The molecule has 1 fully saturated rings. The van der Waals surface area contributed by atoms with Gasteiger partial charge in [0, 0.05) is 19.6 Å². The third kappa shape index (κ3) is 3.62. The second kappa shape index (κ2) is 5.81. The Labute approximate surface area is 110 Å². The van der Waals surface area contributed by atoms with Gasteiger partial charge in [-0.2, -0.15) is 18.2 Å². The van der Waals surface area contributed by atoms with Gasteiger partial charge in [-0.05, 0) is 19.4 Å². The van der Waals surface area contributed by atoms with Crippen molar-refractivity contribution < 1.29 is 17.6 Å². The minimum Gasteiger partial charge on any atom is -0.432 e. The van der Waals surface area contributed by atoms with Crippen molar-refractivity contribution in [3.05, 3.63) is 12.0 Å². The number of anilines is 1. The first-order valence-electron chi connectivity index (χ1n) is 6.47. The van der Waals surface area contributed by atoms with Crippen LogP contribution in [0.1, 0.15) is 25.5 Å². The van der Waals surface area contributed by atoms with Crippen molar-refractivity contribution >= 4 is 6.01 Å². The summed E-state index contributed by atoms with van der Waals surface area (Å²) in [7, 11) is 0. The van der Waals surface area contributed by atoms with E-state index in [4.69, 9.17) is 4.42 Å². The predicted molar refractivity (Wildman–Crippen MR) is 64.9 cm³/mol. The van der Waals surface area contributed by atoms with Crippen molar-refractivity contribution in [1.29, 1.82) is 0 Å². The highest BCUT2D eigenvalue weighted by Crippen LogP contribution is 2.34. The standard InChI is InChI=1S/C12H18F3N3O/c1-2-16-6-10-8-19-11(17-10)18-5-3-4-9(7-18)12(13,14)15/h8-9,16H,2-7H2,1H3. The van der Waals surface area contributed by atoms with E-state index in [9.17, 15) is 13.2 Å². The molecule has 4 nitrogen and oxygen atoms in total. The average molecular weight is 277 g/mol. The fourth-order valence-corrected chi connectivity index (χ4v) is 2.19. The molecule has 0 amide bonds. The fourth-order valence-electron chi connectivity index (χ4n) is 2.19. The molecular weight excluding hydrogens is 259 g/mol. The predicted octanol–water partition coefficient (Wildman–Crippen LogP) is 2.56. The summed E-state index contributed by atoms with van der Waals surface area (Å²) in [6.07, 6.45) is -1.95. The lowest BCUT2D eigenvalue weighted by molar-refractivity contribution is -0.176. The van der Waals surface area contributed by atoms with Crippen molar-refractivity contribution in [2.75, 3.05) is 24.5 Å². The van der Waals surface area contributed by atoms with Gasteiger partial charge in [-0.1, -0.05) is 6.92 Å². The largest absolute Gasteiger partial charge is 0.432 e. The van der Waals surface area contributed by atoms with Gasteiger partial charge in [-0.25, -0.2) is 0 Å². The molecule has 2 heterocycles. The number of rotatable bonds is 4. The molecule has 108 valence electrons. The van der Waals surface area contributed by atoms with E-state index in [2.05, 4.69) is 10.3 Å². The molecule has 0 radical (unpaired) electrons. The molecule has 1 aliphatic heterocycles. The number of piperidine rings is 1. The molecular formula is C12H18F3N3O. The SMILES string of the molecule is CCNCc1coc(N2CCCC(C(F)(F)F)C2)n1. The molecule has 7 heteroatoms. The van der Waals surface area contributed by atoms with Gasteiger partial charge >= 0.3 is 6.18 Å². The van der Waals surface area contributed by atoms with E-state index in [0.717, 1.165) is 6.54 Å². The van der Waals surface area contributed by atoms with Crippen molar-refractivity contribution in [2.24, 2.45) is 5.92 Å². The molecule has 0 spiro atoms. The van der Waals surface area contributed by atoms with E-state index in [0.29, 0.717) is 31.2 Å². The molecule has 1 aromatic rings. The summed E-state index contributed by atoms with van der Waals surface area (Å²) in [6, 6.07) is 0.293. The number of hydrogen-bond donors (Lipinski definition) is 1. The first kappa shape index (κ1) is 14.2. The Morgan fingerprint density at radius 3 is 3.00 bits per heavy atom. The maximum atomic E-state index is 12.7. The third-order valence-electron chi connectivity index (χ3n) is 3.25. The molecule has 0 saturated carbocycles. The zero-order valence-corrected chi connectivity index (χ0v) is 10.8. The molecule has 19 heavy (non-hydrogen) atoms. The van der Waals surface area contributed by atoms with Crippen LogP contribution in [0.5, 0.6) is 0 Å². The van der Waals surface area contributed by atoms with Crippen LogP contribution in [-0.4, -0.2) is 30.8 Å². The molecule has 1 N–H and O–H groups in total. The highest BCUT2D eigenvalue weighted by Gasteiger charge is 2.42. The van der Waals surface area contributed by atoms with Crippen LogP contribution in [0.4, 0.5) is 19.2 Å². The number of halogens is 3. The summed E-state index contributed by atoms with van der Waals surface area (Å²) in [5.41, 5.74) is 0.714. The van der Waals surface area contributed by atoms with Gasteiger partial charge in [0.1, 0.15) is 6.26 Å². The number of hydrogen-bond acceptors (Lipinski definition) is 4. The Bertz CT molecular complexity index is 405. The Morgan fingerprint density at radius 1 is 1.53 bits per heavy atom. The maximum Gasteiger partial charge on any atom is 0.393 e. The highest BCUT2D eigenvalue weighted by atomic mass is 19.4. The van der Waals surface area contributed by atoms with Crippen LogP contribution >= 0.6 is 0 Å². The van der Waals surface area contributed by atoms with Crippen LogP contribution in [0.15, 0.2) is 10.7 Å². The summed E-state index contributed by atoms with van der Waals surface area (Å²) in [6.45, 7) is 3.84. The van der Waals surface area contributed by atoms with E-state index < -0.39 is 12.1 Å². The monoisotopic (exact) mass is 277 g/mol. The molecule has 1 aromatic heterocycles. The Hall–Kier alpha value is -1.24. The Balaban J connectivity index is 1.99. The molecule has 1 saturated heterocycles. The topological polar surface area (TPSA) is 41.3 Å². The van der Waals surface area contributed by atoms with Gasteiger partial charge < -0.3 is 14.6 Å². The van der Waals surface area contributed by atoms with Gasteiger partial charge in [-0.3, -0.25) is 0 Å². The van der Waals surface area contributed by atoms with Crippen molar-refractivity contribution in [1.82, 2.24) is 10.3 Å². The minimum absolute atomic E-state index is 0.0648. The van der Waals surface area contributed by atoms with Crippen molar-refractivity contribution in [3.63, 3.8) is 0 Å². The van der Waals surface area contributed by atoms with Crippen LogP contribution < -0.4 is 10.2 Å². The normalized spacial score (nSPS) is 20.8. The zero-order valence-electron chi connectivity index (χ0n) is 10.8. The molecule has 0 aliphatic carbocycles. The zero-order chi connectivity index (χ0) is 13.9. The molecule has 1 atom stereocenters. The Morgan fingerprint density at radius 2 is 2.32 bits per heavy atom. The number of nitrogens with one attached hydrogen (secondary N) is 1. The smallest absolute Gasteiger partial charge is 0.393 e.